The van der Waals surface area contributed by atoms with Crippen molar-refractivity contribution in [1.82, 2.24) is 24.4 Å². The van der Waals surface area contributed by atoms with Crippen LogP contribution in [0, 0.1) is 18.3 Å². The molecule has 140 valence electrons. The van der Waals surface area contributed by atoms with E-state index in [0.29, 0.717) is 35.1 Å². The first-order chi connectivity index (χ1) is 13.0. The number of nitrogens with zero attached hydrogens (tertiary/aromatic N) is 6. The molecule has 0 atom stereocenters. The summed E-state index contributed by atoms with van der Waals surface area (Å²) in [5.41, 5.74) is 8.53. The topological polar surface area (TPSA) is 110 Å². The van der Waals surface area contributed by atoms with E-state index in [2.05, 4.69) is 47.2 Å². The van der Waals surface area contributed by atoms with E-state index >= 15 is 0 Å². The van der Waals surface area contributed by atoms with Gasteiger partial charge in [-0.2, -0.15) is 20.0 Å². The van der Waals surface area contributed by atoms with Crippen molar-refractivity contribution in [3.05, 3.63) is 34.2 Å². The van der Waals surface area contributed by atoms with E-state index in [1.807, 2.05) is 12.3 Å². The molecule has 0 amide bonds. The molecule has 4 rings (SSSR count). The number of anilines is 2. The molecule has 0 aliphatic heterocycles. The van der Waals surface area contributed by atoms with E-state index in [0.717, 1.165) is 23.9 Å². The highest BCUT2D eigenvalue weighted by molar-refractivity contribution is 9.09. The second-order valence-electron chi connectivity index (χ2n) is 6.75. The minimum Gasteiger partial charge on any atom is -0.382 e. The lowest BCUT2D eigenvalue weighted by Gasteiger charge is -2.12. The summed E-state index contributed by atoms with van der Waals surface area (Å²) in [6, 6.07) is 4.12. The van der Waals surface area contributed by atoms with Crippen LogP contribution in [-0.4, -0.2) is 36.3 Å². The average Bonchev–Trinajstić information content (AvgIpc) is 3.23. The lowest BCUT2D eigenvalue weighted by atomic mass is 10.2. The molecule has 3 aromatic rings. The van der Waals surface area contributed by atoms with E-state index in [1.165, 1.54) is 4.52 Å². The van der Waals surface area contributed by atoms with Gasteiger partial charge in [0, 0.05) is 24.5 Å². The summed E-state index contributed by atoms with van der Waals surface area (Å²) in [6.45, 7) is 2.34. The Bertz CT molecular complexity index is 1060. The third kappa shape index (κ3) is 3.03. The molecule has 1 saturated carbocycles. The Morgan fingerprint density at radius 1 is 1.44 bits per heavy atom. The highest BCUT2D eigenvalue weighted by atomic mass is 79.9. The lowest BCUT2D eigenvalue weighted by molar-refractivity contribution is 0.479. The lowest BCUT2D eigenvalue weighted by Crippen LogP contribution is -2.19. The monoisotopic (exact) mass is 448 g/mol. The second kappa shape index (κ2) is 6.69. The van der Waals surface area contributed by atoms with Gasteiger partial charge in [0.2, 0.25) is 0 Å². The first kappa shape index (κ1) is 18.1. The SMILES string of the molecule is Cc1nn2c(N)c(C#N)c(NCCc3ccn(C4(CBr)CC4)n3)nc2c1Cl. The Morgan fingerprint density at radius 2 is 2.22 bits per heavy atom. The third-order valence-corrected chi connectivity index (χ3v) is 6.38. The largest absolute Gasteiger partial charge is 0.382 e. The molecule has 0 unspecified atom stereocenters. The van der Waals surface area contributed by atoms with Crippen LogP contribution in [-0.2, 0) is 12.0 Å². The number of nitrogens with one attached hydrogen (secondary N) is 1. The first-order valence-corrected chi connectivity index (χ1v) is 10.1. The van der Waals surface area contributed by atoms with Crippen LogP contribution < -0.4 is 11.1 Å². The van der Waals surface area contributed by atoms with Crippen LogP contribution in [0.2, 0.25) is 5.02 Å². The number of fused-ring (bicyclic) bond motifs is 1. The Balaban J connectivity index is 1.52. The van der Waals surface area contributed by atoms with Gasteiger partial charge in [-0.05, 0) is 25.8 Å². The van der Waals surface area contributed by atoms with Crippen molar-refractivity contribution in [2.24, 2.45) is 0 Å². The summed E-state index contributed by atoms with van der Waals surface area (Å²) in [7, 11) is 0. The Hall–Kier alpha value is -2.31. The normalized spacial score (nSPS) is 15.0. The molecule has 27 heavy (non-hydrogen) atoms. The Labute approximate surface area is 169 Å². The standard InChI is InChI=1S/C17H18BrClN8/c1-10-13(19)16-23-15(12(8-20)14(21)27(16)24-10)22-6-2-11-3-7-26(25-11)17(9-18)4-5-17/h3,7H,2,4-6,9,21H2,1H3,(H,22,23). The van der Waals surface area contributed by atoms with Crippen molar-refractivity contribution in [3.8, 4) is 6.07 Å². The van der Waals surface area contributed by atoms with Gasteiger partial charge in [-0.1, -0.05) is 27.5 Å². The van der Waals surface area contributed by atoms with Crippen LogP contribution in [0.3, 0.4) is 0 Å². The highest BCUT2D eigenvalue weighted by Crippen LogP contribution is 2.44. The maximum atomic E-state index is 9.47. The summed E-state index contributed by atoms with van der Waals surface area (Å²) >= 11 is 9.82. The molecule has 3 aromatic heterocycles. The summed E-state index contributed by atoms with van der Waals surface area (Å²) in [5, 5.41) is 22.9. The minimum absolute atomic E-state index is 0.150. The molecule has 1 fully saturated rings. The van der Waals surface area contributed by atoms with Gasteiger partial charge >= 0.3 is 0 Å². The van der Waals surface area contributed by atoms with Gasteiger partial charge in [0.1, 0.15) is 28.3 Å². The average molecular weight is 450 g/mol. The number of alkyl halides is 1. The van der Waals surface area contributed by atoms with Crippen molar-refractivity contribution >= 4 is 44.8 Å². The molecule has 10 heteroatoms. The number of hydrogen-bond donors (Lipinski definition) is 2. The number of rotatable bonds is 6. The molecule has 0 saturated heterocycles. The maximum absolute atomic E-state index is 9.47. The highest BCUT2D eigenvalue weighted by Gasteiger charge is 2.44. The number of aromatic nitrogens is 5. The van der Waals surface area contributed by atoms with Gasteiger partial charge in [-0.3, -0.25) is 4.68 Å². The summed E-state index contributed by atoms with van der Waals surface area (Å²) in [6.07, 6.45) is 5.03. The fourth-order valence-electron chi connectivity index (χ4n) is 3.02. The zero-order valence-corrected chi connectivity index (χ0v) is 17.0. The third-order valence-electron chi connectivity index (χ3n) is 4.90. The van der Waals surface area contributed by atoms with Crippen LogP contribution in [0.1, 0.15) is 29.8 Å². The van der Waals surface area contributed by atoms with Crippen molar-refractivity contribution in [2.75, 3.05) is 22.9 Å². The molecule has 8 nitrogen and oxygen atoms in total. The predicted molar refractivity (Wildman–Crippen MR) is 107 cm³/mol. The van der Waals surface area contributed by atoms with Crippen molar-refractivity contribution in [3.63, 3.8) is 0 Å². The summed E-state index contributed by atoms with van der Waals surface area (Å²) in [5.74, 6) is 0.625. The second-order valence-corrected chi connectivity index (χ2v) is 7.69. The first-order valence-electron chi connectivity index (χ1n) is 8.58. The molecule has 0 radical (unpaired) electrons. The van der Waals surface area contributed by atoms with Gasteiger partial charge in [0.05, 0.1) is 16.9 Å². The van der Waals surface area contributed by atoms with Crippen LogP contribution in [0.15, 0.2) is 12.3 Å². The number of aryl methyl sites for hydroxylation is 1. The minimum atomic E-state index is 0.150. The molecule has 0 spiro atoms. The molecule has 1 aliphatic carbocycles. The van der Waals surface area contributed by atoms with Gasteiger partial charge in [-0.15, -0.1) is 0 Å². The van der Waals surface area contributed by atoms with E-state index in [4.69, 9.17) is 17.3 Å². The maximum Gasteiger partial charge on any atom is 0.178 e. The van der Waals surface area contributed by atoms with E-state index in [-0.39, 0.29) is 16.9 Å². The van der Waals surface area contributed by atoms with Crippen LogP contribution in [0.25, 0.3) is 5.65 Å². The Kier molecular flexibility index (Phi) is 4.48. The molecule has 3 heterocycles. The predicted octanol–water partition coefficient (Wildman–Crippen LogP) is 2.88. The molecular weight excluding hydrogens is 432 g/mol. The van der Waals surface area contributed by atoms with E-state index in [9.17, 15) is 5.26 Å². The Morgan fingerprint density at radius 3 is 2.89 bits per heavy atom. The number of nitrogens with two attached hydrogens (primary N) is 1. The van der Waals surface area contributed by atoms with Gasteiger partial charge in [0.25, 0.3) is 0 Å². The fraction of sp³-hybridized carbons (Fsp3) is 0.412. The smallest absolute Gasteiger partial charge is 0.178 e. The molecule has 0 bridgehead atoms. The summed E-state index contributed by atoms with van der Waals surface area (Å²) in [4.78, 5) is 4.45. The zero-order valence-electron chi connectivity index (χ0n) is 14.7. The number of nitrogen functional groups attached to an aromatic ring is 1. The van der Waals surface area contributed by atoms with Gasteiger partial charge in [-0.25, -0.2) is 4.98 Å². The molecular formula is C17H18BrClN8. The van der Waals surface area contributed by atoms with E-state index < -0.39 is 0 Å². The van der Waals surface area contributed by atoms with Crippen LogP contribution in [0.5, 0.6) is 0 Å². The number of hydrogen-bond acceptors (Lipinski definition) is 6. The zero-order chi connectivity index (χ0) is 19.2. The molecule has 1 aliphatic rings. The van der Waals surface area contributed by atoms with Crippen molar-refractivity contribution < 1.29 is 0 Å². The van der Waals surface area contributed by atoms with Crippen molar-refractivity contribution in [1.29, 1.82) is 5.26 Å². The summed E-state index contributed by atoms with van der Waals surface area (Å²) < 4.78 is 3.45. The molecule has 0 aromatic carbocycles. The van der Waals surface area contributed by atoms with Crippen LogP contribution in [0.4, 0.5) is 11.6 Å². The number of halogens is 2. The fourth-order valence-corrected chi connectivity index (χ4v) is 4.00. The number of nitriles is 1. The quantitative estimate of drug-likeness (QED) is 0.560. The van der Waals surface area contributed by atoms with Gasteiger partial charge in [0.15, 0.2) is 5.65 Å². The molecule has 3 N–H and O–H groups in total. The van der Waals surface area contributed by atoms with Crippen LogP contribution >= 0.6 is 27.5 Å². The van der Waals surface area contributed by atoms with Crippen molar-refractivity contribution in [2.45, 2.75) is 31.7 Å². The van der Waals surface area contributed by atoms with E-state index in [1.54, 1.807) is 6.92 Å². The van der Waals surface area contributed by atoms with Gasteiger partial charge < -0.3 is 11.1 Å².